The van der Waals surface area contributed by atoms with Crippen molar-refractivity contribution < 1.29 is 4.79 Å². The molecule has 0 atom stereocenters. The molecule has 1 amide bonds. The van der Waals surface area contributed by atoms with Crippen LogP contribution in [-0.2, 0) is 6.54 Å². The lowest BCUT2D eigenvalue weighted by Crippen LogP contribution is -2.48. The van der Waals surface area contributed by atoms with Gasteiger partial charge in [-0.2, -0.15) is 0 Å². The third-order valence-corrected chi connectivity index (χ3v) is 4.85. The number of carbonyl (C=O) groups excluding carboxylic acids is 1. The van der Waals surface area contributed by atoms with Crippen molar-refractivity contribution in [3.8, 4) is 0 Å². The van der Waals surface area contributed by atoms with Gasteiger partial charge in [-0.05, 0) is 35.6 Å². The largest absolute Gasteiger partial charge is 0.335 e. The summed E-state index contributed by atoms with van der Waals surface area (Å²) in [5, 5.41) is 1.99. The monoisotopic (exact) mass is 301 g/mol. The Morgan fingerprint density at radius 2 is 2.10 bits per heavy atom. The lowest BCUT2D eigenvalue weighted by molar-refractivity contribution is 0.0632. The number of nitrogens with zero attached hydrogens (tertiary/aromatic N) is 3. The van der Waals surface area contributed by atoms with E-state index in [0.29, 0.717) is 0 Å². The lowest BCUT2D eigenvalue weighted by atomic mass is 10.2. The average Bonchev–Trinajstić information content (AvgIpc) is 2.94. The first-order valence-electron chi connectivity index (χ1n) is 7.18. The summed E-state index contributed by atoms with van der Waals surface area (Å²) in [6.45, 7) is 6.36. The third kappa shape index (κ3) is 3.31. The highest BCUT2D eigenvalue weighted by molar-refractivity contribution is 7.12. The number of hydrogen-bond acceptors (Lipinski definition) is 4. The Morgan fingerprint density at radius 1 is 1.29 bits per heavy atom. The molecule has 0 N–H and O–H groups in total. The molecule has 21 heavy (non-hydrogen) atoms. The number of aromatic nitrogens is 1. The molecule has 1 fully saturated rings. The molecule has 3 rings (SSSR count). The second-order valence-electron chi connectivity index (χ2n) is 5.36. The minimum absolute atomic E-state index is 0.184. The molecule has 0 spiro atoms. The Morgan fingerprint density at radius 3 is 2.71 bits per heavy atom. The van der Waals surface area contributed by atoms with Crippen LogP contribution in [0, 0.1) is 6.92 Å². The van der Waals surface area contributed by atoms with Crippen molar-refractivity contribution in [2.75, 3.05) is 26.2 Å². The van der Waals surface area contributed by atoms with Crippen LogP contribution in [0.2, 0.25) is 0 Å². The van der Waals surface area contributed by atoms with Crippen LogP contribution in [0.25, 0.3) is 0 Å². The number of aryl methyl sites for hydroxylation is 1. The van der Waals surface area contributed by atoms with Gasteiger partial charge in [0.15, 0.2) is 0 Å². The van der Waals surface area contributed by atoms with Crippen LogP contribution < -0.4 is 0 Å². The van der Waals surface area contributed by atoms with Crippen LogP contribution in [0.3, 0.4) is 0 Å². The molecular weight excluding hydrogens is 282 g/mol. The number of rotatable bonds is 3. The highest BCUT2D eigenvalue weighted by Crippen LogP contribution is 2.19. The summed E-state index contributed by atoms with van der Waals surface area (Å²) in [5.74, 6) is 0.184. The van der Waals surface area contributed by atoms with E-state index in [4.69, 9.17) is 0 Å². The molecule has 0 bridgehead atoms. The predicted molar refractivity (Wildman–Crippen MR) is 84.5 cm³/mol. The van der Waals surface area contributed by atoms with Crippen molar-refractivity contribution in [1.82, 2.24) is 14.8 Å². The maximum Gasteiger partial charge on any atom is 0.264 e. The minimum atomic E-state index is 0.184. The fourth-order valence-electron chi connectivity index (χ4n) is 2.59. The van der Waals surface area contributed by atoms with E-state index in [-0.39, 0.29) is 5.91 Å². The zero-order valence-electron chi connectivity index (χ0n) is 12.2. The van der Waals surface area contributed by atoms with E-state index in [0.717, 1.165) is 43.2 Å². The molecule has 3 heterocycles. The summed E-state index contributed by atoms with van der Waals surface area (Å²) in [6.07, 6.45) is 3.70. The third-order valence-electron chi connectivity index (χ3n) is 3.84. The van der Waals surface area contributed by atoms with E-state index in [1.807, 2.05) is 35.5 Å². The van der Waals surface area contributed by atoms with Crippen molar-refractivity contribution in [2.45, 2.75) is 13.5 Å². The number of piperazine rings is 1. The Hall–Kier alpha value is -1.72. The van der Waals surface area contributed by atoms with Crippen molar-refractivity contribution in [3.05, 3.63) is 52.0 Å². The molecule has 4 nitrogen and oxygen atoms in total. The van der Waals surface area contributed by atoms with Gasteiger partial charge in [-0.3, -0.25) is 14.7 Å². The van der Waals surface area contributed by atoms with Gasteiger partial charge in [0.1, 0.15) is 0 Å². The average molecular weight is 301 g/mol. The van der Waals surface area contributed by atoms with Gasteiger partial charge < -0.3 is 4.90 Å². The molecule has 0 saturated carbocycles. The molecule has 0 aliphatic carbocycles. The molecule has 2 aromatic rings. The summed E-state index contributed by atoms with van der Waals surface area (Å²) in [6, 6.07) is 6.07. The van der Waals surface area contributed by atoms with Crippen molar-refractivity contribution >= 4 is 17.2 Å². The smallest absolute Gasteiger partial charge is 0.264 e. The first-order valence-corrected chi connectivity index (χ1v) is 8.06. The summed E-state index contributed by atoms with van der Waals surface area (Å²) in [7, 11) is 0. The van der Waals surface area contributed by atoms with E-state index in [1.54, 1.807) is 17.5 Å². The maximum atomic E-state index is 12.5. The van der Waals surface area contributed by atoms with Gasteiger partial charge in [-0.15, -0.1) is 11.3 Å². The Kier molecular flexibility index (Phi) is 4.31. The van der Waals surface area contributed by atoms with Crippen LogP contribution >= 0.6 is 11.3 Å². The first kappa shape index (κ1) is 14.2. The second-order valence-corrected chi connectivity index (χ2v) is 6.28. The Labute approximate surface area is 129 Å². The molecular formula is C16H19N3OS. The molecule has 1 aliphatic heterocycles. The molecule has 0 aromatic carbocycles. The van der Waals surface area contributed by atoms with Crippen molar-refractivity contribution in [3.63, 3.8) is 0 Å². The van der Waals surface area contributed by atoms with Gasteiger partial charge in [0.05, 0.1) is 4.88 Å². The molecule has 110 valence electrons. The summed E-state index contributed by atoms with van der Waals surface area (Å²) >= 11 is 1.54. The fraction of sp³-hybridized carbons (Fsp3) is 0.375. The van der Waals surface area contributed by atoms with E-state index in [2.05, 4.69) is 16.0 Å². The van der Waals surface area contributed by atoms with Crippen molar-refractivity contribution in [1.29, 1.82) is 0 Å². The first-order chi connectivity index (χ1) is 10.2. The van der Waals surface area contributed by atoms with Gasteiger partial charge in [-0.1, -0.05) is 6.07 Å². The van der Waals surface area contributed by atoms with E-state index in [9.17, 15) is 4.79 Å². The van der Waals surface area contributed by atoms with E-state index in [1.165, 1.54) is 5.56 Å². The molecule has 0 unspecified atom stereocenters. The van der Waals surface area contributed by atoms with E-state index >= 15 is 0 Å². The number of pyridine rings is 1. The van der Waals surface area contributed by atoms with E-state index < -0.39 is 0 Å². The molecule has 5 heteroatoms. The topological polar surface area (TPSA) is 36.4 Å². The zero-order valence-corrected chi connectivity index (χ0v) is 13.0. The SMILES string of the molecule is Cc1ccsc1C(=O)N1CCN(Cc2cccnc2)CC1. The molecule has 0 radical (unpaired) electrons. The van der Waals surface area contributed by atoms with Crippen LogP contribution in [-0.4, -0.2) is 46.9 Å². The standard InChI is InChI=1S/C16H19N3OS/c1-13-4-10-21-15(13)16(20)19-8-6-18(7-9-19)12-14-3-2-5-17-11-14/h2-5,10-11H,6-9,12H2,1H3. The van der Waals surface area contributed by atoms with Crippen molar-refractivity contribution in [2.24, 2.45) is 0 Å². The molecule has 1 saturated heterocycles. The van der Waals surface area contributed by atoms with Crippen LogP contribution in [0.5, 0.6) is 0 Å². The zero-order chi connectivity index (χ0) is 14.7. The predicted octanol–water partition coefficient (Wildman–Crippen LogP) is 2.41. The van der Waals surface area contributed by atoms with Gasteiger partial charge >= 0.3 is 0 Å². The highest BCUT2D eigenvalue weighted by atomic mass is 32.1. The van der Waals surface area contributed by atoms with Crippen LogP contribution in [0.1, 0.15) is 20.8 Å². The maximum absolute atomic E-state index is 12.5. The molecule has 2 aromatic heterocycles. The lowest BCUT2D eigenvalue weighted by Gasteiger charge is -2.34. The highest BCUT2D eigenvalue weighted by Gasteiger charge is 2.23. The van der Waals surface area contributed by atoms with Crippen LogP contribution in [0.4, 0.5) is 0 Å². The number of thiophene rings is 1. The minimum Gasteiger partial charge on any atom is -0.335 e. The fourth-order valence-corrected chi connectivity index (χ4v) is 3.49. The summed E-state index contributed by atoms with van der Waals surface area (Å²) < 4.78 is 0. The number of amides is 1. The normalized spacial score (nSPS) is 16.1. The summed E-state index contributed by atoms with van der Waals surface area (Å²) in [5.41, 5.74) is 2.31. The number of carbonyl (C=O) groups is 1. The second kappa shape index (κ2) is 6.37. The van der Waals surface area contributed by atoms with Gasteiger partial charge in [0.25, 0.3) is 5.91 Å². The summed E-state index contributed by atoms with van der Waals surface area (Å²) in [4.78, 5) is 21.8. The Balaban J connectivity index is 1.56. The van der Waals surface area contributed by atoms with Gasteiger partial charge in [0.2, 0.25) is 0 Å². The number of hydrogen-bond donors (Lipinski definition) is 0. The van der Waals surface area contributed by atoms with Crippen LogP contribution in [0.15, 0.2) is 36.0 Å². The van der Waals surface area contributed by atoms with Gasteiger partial charge in [-0.25, -0.2) is 0 Å². The Bertz CT molecular complexity index is 603. The quantitative estimate of drug-likeness (QED) is 0.873. The molecule has 1 aliphatic rings. The van der Waals surface area contributed by atoms with Gasteiger partial charge in [0, 0.05) is 45.1 Å².